The van der Waals surface area contributed by atoms with Crippen LogP contribution < -0.4 is 5.32 Å². The molecule has 2 saturated heterocycles. The summed E-state index contributed by atoms with van der Waals surface area (Å²) < 4.78 is 20.4. The number of carbonyl (C=O) groups is 2. The van der Waals surface area contributed by atoms with Gasteiger partial charge in [-0.25, -0.2) is 9.18 Å². The maximum Gasteiger partial charge on any atom is 0.319 e. The van der Waals surface area contributed by atoms with Gasteiger partial charge in [0, 0.05) is 62.3 Å². The van der Waals surface area contributed by atoms with Gasteiger partial charge >= 0.3 is 6.03 Å². The summed E-state index contributed by atoms with van der Waals surface area (Å²) in [4.78, 5) is 31.3. The second-order valence-corrected chi connectivity index (χ2v) is 9.20. The topological polar surface area (TPSA) is 65.1 Å². The van der Waals surface area contributed by atoms with Crippen molar-refractivity contribution < 1.29 is 18.7 Å². The number of nitrogens with one attached hydrogen (secondary N) is 1. The SMILES string of the molecule is CCN(CC)C(=O)N1CCC(C(=O)NCC(c2c(F)cccc2Cl)N2CCOC(C)C2)CC1. The fourth-order valence-corrected chi connectivity index (χ4v) is 5.03. The van der Waals surface area contributed by atoms with Crippen LogP contribution in [0.2, 0.25) is 5.02 Å². The minimum absolute atomic E-state index is 0.0233. The minimum atomic E-state index is -0.377. The number of urea groups is 1. The Morgan fingerprint density at radius 1 is 1.24 bits per heavy atom. The molecule has 1 aromatic carbocycles. The van der Waals surface area contributed by atoms with E-state index in [-0.39, 0.29) is 42.4 Å². The molecule has 1 aromatic rings. The number of rotatable bonds is 7. The molecule has 2 heterocycles. The van der Waals surface area contributed by atoms with Crippen molar-refractivity contribution in [3.63, 3.8) is 0 Å². The standard InChI is InChI=1S/C24H36ClFN4O3/c1-4-28(5-2)24(32)29-11-9-18(10-12-29)23(31)27-15-21(30-13-14-33-17(3)16-30)22-19(25)7-6-8-20(22)26/h6-8,17-18,21H,4-5,9-16H2,1-3H3,(H,27,31). The zero-order valence-corrected chi connectivity index (χ0v) is 20.6. The van der Waals surface area contributed by atoms with Gasteiger partial charge in [0.1, 0.15) is 5.82 Å². The number of halogens is 2. The van der Waals surface area contributed by atoms with E-state index in [1.807, 2.05) is 25.7 Å². The summed E-state index contributed by atoms with van der Waals surface area (Å²) in [5.74, 6) is -0.584. The van der Waals surface area contributed by atoms with Crippen molar-refractivity contribution in [3.05, 3.63) is 34.6 Å². The van der Waals surface area contributed by atoms with E-state index in [1.165, 1.54) is 6.07 Å². The van der Waals surface area contributed by atoms with Crippen LogP contribution in [-0.4, -0.2) is 85.2 Å². The van der Waals surface area contributed by atoms with Crippen LogP contribution in [0.3, 0.4) is 0 Å². The largest absolute Gasteiger partial charge is 0.376 e. The van der Waals surface area contributed by atoms with Crippen molar-refractivity contribution >= 4 is 23.5 Å². The third-order valence-corrected chi connectivity index (χ3v) is 7.02. The molecule has 184 valence electrons. The number of amides is 3. The van der Waals surface area contributed by atoms with Gasteiger partial charge in [-0.3, -0.25) is 9.69 Å². The first-order valence-corrected chi connectivity index (χ1v) is 12.3. The second-order valence-electron chi connectivity index (χ2n) is 8.79. The summed E-state index contributed by atoms with van der Waals surface area (Å²) >= 11 is 6.39. The lowest BCUT2D eigenvalue weighted by molar-refractivity contribution is -0.126. The van der Waals surface area contributed by atoms with Crippen molar-refractivity contribution in [2.24, 2.45) is 5.92 Å². The molecule has 7 nitrogen and oxygen atoms in total. The van der Waals surface area contributed by atoms with E-state index in [0.717, 1.165) is 0 Å². The summed E-state index contributed by atoms with van der Waals surface area (Å²) in [6, 6.07) is 4.34. The molecule has 0 saturated carbocycles. The molecule has 0 spiro atoms. The predicted octanol–water partition coefficient (Wildman–Crippen LogP) is 3.53. The Morgan fingerprint density at radius 3 is 2.55 bits per heavy atom. The first-order valence-electron chi connectivity index (χ1n) is 12.0. The third kappa shape index (κ3) is 6.37. The van der Waals surface area contributed by atoms with Gasteiger partial charge in [-0.15, -0.1) is 0 Å². The Bertz CT molecular complexity index is 795. The van der Waals surface area contributed by atoms with Crippen LogP contribution in [0.4, 0.5) is 9.18 Å². The van der Waals surface area contributed by atoms with E-state index in [4.69, 9.17) is 16.3 Å². The van der Waals surface area contributed by atoms with Crippen molar-refractivity contribution in [2.75, 3.05) is 52.4 Å². The van der Waals surface area contributed by atoms with Crippen LogP contribution in [0.25, 0.3) is 0 Å². The summed E-state index contributed by atoms with van der Waals surface area (Å²) in [7, 11) is 0. The van der Waals surface area contributed by atoms with Crippen LogP contribution in [0, 0.1) is 11.7 Å². The molecule has 33 heavy (non-hydrogen) atoms. The zero-order chi connectivity index (χ0) is 24.0. The van der Waals surface area contributed by atoms with Crippen LogP contribution in [-0.2, 0) is 9.53 Å². The van der Waals surface area contributed by atoms with Gasteiger partial charge in [-0.1, -0.05) is 17.7 Å². The molecule has 0 aromatic heterocycles. The molecule has 2 aliphatic heterocycles. The molecule has 0 bridgehead atoms. The molecule has 3 amide bonds. The van der Waals surface area contributed by atoms with Gasteiger partial charge < -0.3 is 19.9 Å². The molecule has 2 unspecified atom stereocenters. The summed E-state index contributed by atoms with van der Waals surface area (Å²) in [5, 5.41) is 3.40. The number of hydrogen-bond donors (Lipinski definition) is 1. The number of likely N-dealkylation sites (tertiary alicyclic amines) is 1. The smallest absolute Gasteiger partial charge is 0.319 e. The quantitative estimate of drug-likeness (QED) is 0.645. The number of carbonyl (C=O) groups excluding carboxylic acids is 2. The first-order chi connectivity index (χ1) is 15.8. The number of benzene rings is 1. The monoisotopic (exact) mass is 482 g/mol. The molecule has 2 aliphatic rings. The number of nitrogens with zero attached hydrogens (tertiary/aromatic N) is 3. The van der Waals surface area contributed by atoms with Crippen LogP contribution in [0.15, 0.2) is 18.2 Å². The third-order valence-electron chi connectivity index (χ3n) is 6.69. The van der Waals surface area contributed by atoms with E-state index < -0.39 is 0 Å². The van der Waals surface area contributed by atoms with Crippen molar-refractivity contribution in [2.45, 2.75) is 45.8 Å². The lowest BCUT2D eigenvalue weighted by Crippen LogP contribution is -2.50. The van der Waals surface area contributed by atoms with Crippen molar-refractivity contribution in [3.8, 4) is 0 Å². The zero-order valence-electron chi connectivity index (χ0n) is 19.9. The second kappa shape index (κ2) is 12.0. The van der Waals surface area contributed by atoms with Gasteiger partial charge in [-0.05, 0) is 45.7 Å². The Balaban J connectivity index is 1.63. The van der Waals surface area contributed by atoms with Gasteiger partial charge in [0.25, 0.3) is 0 Å². The predicted molar refractivity (Wildman–Crippen MR) is 127 cm³/mol. The summed E-state index contributed by atoms with van der Waals surface area (Å²) in [6.07, 6.45) is 1.27. The average Bonchev–Trinajstić information content (AvgIpc) is 2.81. The van der Waals surface area contributed by atoms with Gasteiger partial charge in [0.15, 0.2) is 0 Å². The van der Waals surface area contributed by atoms with Crippen LogP contribution >= 0.6 is 11.6 Å². The molecule has 1 N–H and O–H groups in total. The summed E-state index contributed by atoms with van der Waals surface area (Å²) in [5.41, 5.74) is 0.410. The van der Waals surface area contributed by atoms with Gasteiger partial charge in [0.2, 0.25) is 5.91 Å². The van der Waals surface area contributed by atoms with E-state index in [2.05, 4.69) is 10.2 Å². The van der Waals surface area contributed by atoms with E-state index >= 15 is 0 Å². The number of ether oxygens (including phenoxy) is 1. The van der Waals surface area contributed by atoms with Crippen molar-refractivity contribution in [1.29, 1.82) is 0 Å². The van der Waals surface area contributed by atoms with Gasteiger partial charge in [0.05, 0.1) is 18.8 Å². The molecule has 2 fully saturated rings. The highest BCUT2D eigenvalue weighted by molar-refractivity contribution is 6.31. The number of piperidine rings is 1. The fourth-order valence-electron chi connectivity index (χ4n) is 4.74. The first kappa shape index (κ1) is 25.7. The lowest BCUT2D eigenvalue weighted by Gasteiger charge is -2.38. The fraction of sp³-hybridized carbons (Fsp3) is 0.667. The van der Waals surface area contributed by atoms with E-state index in [1.54, 1.807) is 17.0 Å². The molecule has 2 atom stereocenters. The average molecular weight is 483 g/mol. The normalized spacial score (nSPS) is 21.0. The molecule has 0 aliphatic carbocycles. The Hall–Kier alpha value is -1.90. The molecular formula is C24H36ClFN4O3. The molecule has 9 heteroatoms. The Labute approximate surface area is 201 Å². The highest BCUT2D eigenvalue weighted by atomic mass is 35.5. The number of morpholine rings is 1. The minimum Gasteiger partial charge on any atom is -0.376 e. The van der Waals surface area contributed by atoms with E-state index in [0.29, 0.717) is 69.3 Å². The summed E-state index contributed by atoms with van der Waals surface area (Å²) in [6.45, 7) is 10.5. The highest BCUT2D eigenvalue weighted by Crippen LogP contribution is 2.31. The molecule has 0 radical (unpaired) electrons. The Morgan fingerprint density at radius 2 is 1.94 bits per heavy atom. The maximum atomic E-state index is 14.8. The molecular weight excluding hydrogens is 447 g/mol. The maximum absolute atomic E-state index is 14.8. The number of hydrogen-bond acceptors (Lipinski definition) is 4. The molecule has 3 rings (SSSR count). The van der Waals surface area contributed by atoms with Crippen molar-refractivity contribution in [1.82, 2.24) is 20.0 Å². The van der Waals surface area contributed by atoms with E-state index in [9.17, 15) is 14.0 Å². The lowest BCUT2D eigenvalue weighted by atomic mass is 9.95. The van der Waals surface area contributed by atoms with Gasteiger partial charge in [-0.2, -0.15) is 0 Å². The van der Waals surface area contributed by atoms with Crippen LogP contribution in [0.1, 0.15) is 45.2 Å². The van der Waals surface area contributed by atoms with Crippen LogP contribution in [0.5, 0.6) is 0 Å². The Kier molecular flexibility index (Phi) is 9.35. The highest BCUT2D eigenvalue weighted by Gasteiger charge is 2.32.